The van der Waals surface area contributed by atoms with Gasteiger partial charge in [0.2, 0.25) is 18.6 Å². The summed E-state index contributed by atoms with van der Waals surface area (Å²) in [4.78, 5) is 31.9. The first-order valence-corrected chi connectivity index (χ1v) is 15.2. The summed E-state index contributed by atoms with van der Waals surface area (Å²) in [6.45, 7) is 6.67. The maximum atomic E-state index is 13.4. The average Bonchev–Trinajstić information content (AvgIpc) is 3.57. The molecule has 0 radical (unpaired) electrons. The first-order valence-electron chi connectivity index (χ1n) is 14.4. The SMILES string of the molecule is CCCCCC(=O)Nc1nc2c(s1)CC1C(C)(CO)C(O)CCC1(C)C2CC(=O)NCc1ccc2c(c1)OCO2. The number of carbonyl (C=O) groups is 2. The van der Waals surface area contributed by atoms with Crippen molar-refractivity contribution in [2.45, 2.75) is 90.7 Å². The molecule has 1 aromatic heterocycles. The van der Waals surface area contributed by atoms with Crippen LogP contribution in [0.5, 0.6) is 11.5 Å². The largest absolute Gasteiger partial charge is 0.454 e. The number of ether oxygens (including phenoxy) is 2. The summed E-state index contributed by atoms with van der Waals surface area (Å²) in [5.74, 6) is 0.990. The average molecular weight is 572 g/mol. The van der Waals surface area contributed by atoms with E-state index in [-0.39, 0.29) is 48.9 Å². The number of hydrogen-bond donors (Lipinski definition) is 4. The number of rotatable bonds is 10. The molecular weight excluding hydrogens is 530 g/mol. The first-order chi connectivity index (χ1) is 19.2. The van der Waals surface area contributed by atoms with Crippen LogP contribution in [0.25, 0.3) is 0 Å². The Balaban J connectivity index is 1.38. The van der Waals surface area contributed by atoms with E-state index in [1.807, 2.05) is 25.1 Å². The molecule has 2 aliphatic carbocycles. The van der Waals surface area contributed by atoms with Gasteiger partial charge in [0.1, 0.15) is 0 Å². The predicted molar refractivity (Wildman–Crippen MR) is 152 cm³/mol. The van der Waals surface area contributed by atoms with Crippen LogP contribution in [-0.2, 0) is 22.6 Å². The van der Waals surface area contributed by atoms with E-state index in [1.165, 1.54) is 11.3 Å². The molecular formula is C30H41N3O6S. The highest BCUT2D eigenvalue weighted by Gasteiger charge is 2.59. The summed E-state index contributed by atoms with van der Waals surface area (Å²) in [6, 6.07) is 5.64. The van der Waals surface area contributed by atoms with Crippen molar-refractivity contribution < 1.29 is 29.3 Å². The zero-order valence-electron chi connectivity index (χ0n) is 23.6. The van der Waals surface area contributed by atoms with E-state index >= 15 is 0 Å². The monoisotopic (exact) mass is 571 g/mol. The summed E-state index contributed by atoms with van der Waals surface area (Å²) in [6.07, 6.45) is 4.90. The Bertz CT molecular complexity index is 1250. The van der Waals surface area contributed by atoms with Crippen LogP contribution in [0.3, 0.4) is 0 Å². The third-order valence-corrected chi connectivity index (χ3v) is 10.5. The van der Waals surface area contributed by atoms with Crippen LogP contribution in [0.4, 0.5) is 5.13 Å². The van der Waals surface area contributed by atoms with Crippen molar-refractivity contribution in [2.24, 2.45) is 16.7 Å². The second kappa shape index (κ2) is 11.7. The second-order valence-electron chi connectivity index (χ2n) is 12.0. The number of carbonyl (C=O) groups excluding carboxylic acids is 2. The van der Waals surface area contributed by atoms with Gasteiger partial charge < -0.3 is 30.3 Å². The van der Waals surface area contributed by atoms with Crippen molar-refractivity contribution in [2.75, 3.05) is 18.7 Å². The third-order valence-electron chi connectivity index (χ3n) is 9.46. The smallest absolute Gasteiger partial charge is 0.231 e. The van der Waals surface area contributed by atoms with Crippen LogP contribution < -0.4 is 20.1 Å². The highest BCUT2D eigenvalue weighted by atomic mass is 32.1. The van der Waals surface area contributed by atoms with Gasteiger partial charge in [-0.1, -0.05) is 39.7 Å². The van der Waals surface area contributed by atoms with Gasteiger partial charge in [-0.25, -0.2) is 4.98 Å². The molecule has 1 fully saturated rings. The van der Waals surface area contributed by atoms with E-state index in [9.17, 15) is 19.8 Å². The molecule has 1 aliphatic heterocycles. The van der Waals surface area contributed by atoms with Gasteiger partial charge in [0.05, 0.1) is 18.4 Å². The lowest BCUT2D eigenvalue weighted by Crippen LogP contribution is -2.57. The van der Waals surface area contributed by atoms with Crippen LogP contribution in [0.15, 0.2) is 18.2 Å². The number of thiazole rings is 1. The molecule has 5 rings (SSSR count). The second-order valence-corrected chi connectivity index (χ2v) is 13.1. The molecule has 5 unspecified atom stereocenters. The molecule has 10 heteroatoms. The summed E-state index contributed by atoms with van der Waals surface area (Å²) in [7, 11) is 0. The highest BCUT2D eigenvalue weighted by Crippen LogP contribution is 2.62. The van der Waals surface area contributed by atoms with E-state index in [0.717, 1.165) is 41.8 Å². The molecule has 5 atom stereocenters. The van der Waals surface area contributed by atoms with Gasteiger partial charge in [-0.3, -0.25) is 9.59 Å². The fourth-order valence-electron chi connectivity index (χ4n) is 6.93. The molecule has 2 amide bonds. The van der Waals surface area contributed by atoms with Gasteiger partial charge in [-0.2, -0.15) is 0 Å². The molecule has 9 nitrogen and oxygen atoms in total. The van der Waals surface area contributed by atoms with Crippen LogP contribution in [0.1, 0.15) is 87.8 Å². The zero-order chi connectivity index (χ0) is 28.5. The Labute approximate surface area is 239 Å². The predicted octanol–water partition coefficient (Wildman–Crippen LogP) is 4.51. The fraction of sp³-hybridized carbons (Fsp3) is 0.633. The quantitative estimate of drug-likeness (QED) is 0.309. The minimum atomic E-state index is -0.695. The van der Waals surface area contributed by atoms with E-state index in [2.05, 4.69) is 24.5 Å². The topological polar surface area (TPSA) is 130 Å². The molecule has 2 aromatic rings. The molecule has 40 heavy (non-hydrogen) atoms. The van der Waals surface area contributed by atoms with Crippen molar-refractivity contribution in [3.05, 3.63) is 34.3 Å². The normalized spacial score (nSPS) is 28.5. The van der Waals surface area contributed by atoms with Gasteiger partial charge >= 0.3 is 0 Å². The van der Waals surface area contributed by atoms with E-state index < -0.39 is 11.5 Å². The molecule has 0 bridgehead atoms. The van der Waals surface area contributed by atoms with Crippen LogP contribution in [-0.4, -0.2) is 46.5 Å². The molecule has 0 spiro atoms. The number of fused-ring (bicyclic) bond motifs is 3. The van der Waals surface area contributed by atoms with E-state index in [1.54, 1.807) is 0 Å². The number of unbranched alkanes of at least 4 members (excludes halogenated alkanes) is 2. The molecule has 2 heterocycles. The number of amides is 2. The summed E-state index contributed by atoms with van der Waals surface area (Å²) >= 11 is 1.46. The van der Waals surface area contributed by atoms with Crippen molar-refractivity contribution in [3.8, 4) is 11.5 Å². The first kappa shape index (κ1) is 28.8. The lowest BCUT2D eigenvalue weighted by molar-refractivity contribution is -0.144. The summed E-state index contributed by atoms with van der Waals surface area (Å²) in [5, 5.41) is 28.0. The van der Waals surface area contributed by atoms with Crippen LogP contribution in [0.2, 0.25) is 0 Å². The Hall–Kier alpha value is -2.69. The Morgan fingerprint density at radius 1 is 1.18 bits per heavy atom. The Kier molecular flexibility index (Phi) is 8.40. The highest BCUT2D eigenvalue weighted by molar-refractivity contribution is 7.15. The molecule has 4 N–H and O–H groups in total. The number of aliphatic hydroxyl groups excluding tert-OH is 2. The number of aliphatic hydroxyl groups is 2. The number of nitrogens with one attached hydrogen (secondary N) is 2. The van der Waals surface area contributed by atoms with Crippen molar-refractivity contribution in [1.82, 2.24) is 10.3 Å². The zero-order valence-corrected chi connectivity index (χ0v) is 24.4. The maximum Gasteiger partial charge on any atom is 0.231 e. The molecule has 1 saturated carbocycles. The van der Waals surface area contributed by atoms with Gasteiger partial charge in [0.25, 0.3) is 0 Å². The van der Waals surface area contributed by atoms with Gasteiger partial charge in [0, 0.05) is 35.6 Å². The Morgan fingerprint density at radius 3 is 2.75 bits per heavy atom. The summed E-state index contributed by atoms with van der Waals surface area (Å²) < 4.78 is 10.8. The molecule has 1 aromatic carbocycles. The van der Waals surface area contributed by atoms with E-state index in [4.69, 9.17) is 14.5 Å². The maximum absolute atomic E-state index is 13.4. The van der Waals surface area contributed by atoms with E-state index in [0.29, 0.717) is 42.4 Å². The molecule has 3 aliphatic rings. The fourth-order valence-corrected chi connectivity index (χ4v) is 8.01. The standard InChI is InChI=1S/C30H41N3O6S/c1-4-5-6-7-25(36)32-28-33-27-19(13-26(37)31-15-18-8-9-20-21(12-18)39-17-38-20)29(2)11-10-24(35)30(3,16-34)23(29)14-22(27)40-28/h8-9,12,19,23-24,34-35H,4-7,10-11,13-17H2,1-3H3,(H,31,37)(H,32,33,36). The number of hydrogen-bond acceptors (Lipinski definition) is 8. The van der Waals surface area contributed by atoms with Crippen molar-refractivity contribution in [3.63, 3.8) is 0 Å². The van der Waals surface area contributed by atoms with Gasteiger partial charge in [-0.05, 0) is 54.7 Å². The number of aromatic nitrogens is 1. The Morgan fingerprint density at radius 2 is 1.98 bits per heavy atom. The molecule has 0 saturated heterocycles. The third kappa shape index (κ3) is 5.45. The van der Waals surface area contributed by atoms with Crippen LogP contribution in [0, 0.1) is 16.7 Å². The minimum absolute atomic E-state index is 0.0403. The van der Waals surface area contributed by atoms with Gasteiger partial charge in [-0.15, -0.1) is 11.3 Å². The van der Waals surface area contributed by atoms with Crippen molar-refractivity contribution in [1.29, 1.82) is 0 Å². The summed E-state index contributed by atoms with van der Waals surface area (Å²) in [5.41, 5.74) is 0.736. The number of benzene rings is 1. The minimum Gasteiger partial charge on any atom is -0.454 e. The lowest BCUT2D eigenvalue weighted by atomic mass is 9.47. The molecule has 218 valence electrons. The number of nitrogens with zero attached hydrogens (tertiary/aromatic N) is 1. The van der Waals surface area contributed by atoms with Crippen LogP contribution >= 0.6 is 11.3 Å². The van der Waals surface area contributed by atoms with Gasteiger partial charge in [0.15, 0.2) is 16.6 Å². The number of anilines is 1. The lowest BCUT2D eigenvalue weighted by Gasteiger charge is -2.58. The van der Waals surface area contributed by atoms with Crippen molar-refractivity contribution >= 4 is 28.3 Å².